The highest BCUT2D eigenvalue weighted by Crippen LogP contribution is 2.33. The Morgan fingerprint density at radius 3 is 2.34 bits per heavy atom. The first-order valence-corrected chi connectivity index (χ1v) is 12.8. The summed E-state index contributed by atoms with van der Waals surface area (Å²) in [5.41, 5.74) is 0.799. The maximum absolute atomic E-state index is 15.4. The third kappa shape index (κ3) is 4.66. The number of likely N-dealkylation sites (tertiary alicyclic amines) is 1. The lowest BCUT2D eigenvalue weighted by Gasteiger charge is -2.43. The molecule has 38 heavy (non-hydrogen) atoms. The molecule has 1 aromatic carbocycles. The first-order chi connectivity index (χ1) is 17.8. The van der Waals surface area contributed by atoms with Crippen LogP contribution in [0.4, 0.5) is 13.6 Å². The smallest absolute Gasteiger partial charge is 0.410 e. The summed E-state index contributed by atoms with van der Waals surface area (Å²) in [5.74, 6) is -1.17. The van der Waals surface area contributed by atoms with Crippen LogP contribution in [0.5, 0.6) is 0 Å². The summed E-state index contributed by atoms with van der Waals surface area (Å²) in [7, 11) is 0. The number of benzene rings is 1. The fraction of sp³-hybridized carbons (Fsp3) is 0.414. The van der Waals surface area contributed by atoms with Gasteiger partial charge in [0, 0.05) is 42.3 Å². The van der Waals surface area contributed by atoms with E-state index in [1.54, 1.807) is 51.5 Å². The van der Waals surface area contributed by atoms with Gasteiger partial charge in [-0.2, -0.15) is 0 Å². The van der Waals surface area contributed by atoms with Crippen LogP contribution >= 0.6 is 0 Å². The van der Waals surface area contributed by atoms with E-state index >= 15 is 4.39 Å². The van der Waals surface area contributed by atoms with Gasteiger partial charge in [-0.3, -0.25) is 4.79 Å². The largest absolute Gasteiger partial charge is 0.444 e. The van der Waals surface area contributed by atoms with Crippen LogP contribution in [-0.4, -0.2) is 42.6 Å². The van der Waals surface area contributed by atoms with E-state index in [-0.39, 0.29) is 35.3 Å². The van der Waals surface area contributed by atoms with Crippen LogP contribution < -0.4 is 5.56 Å². The molecule has 9 heteroatoms. The summed E-state index contributed by atoms with van der Waals surface area (Å²) < 4.78 is 38.8. The minimum atomic E-state index is -0.661. The number of fused-ring (bicyclic) bond motifs is 2. The second-order valence-corrected chi connectivity index (χ2v) is 11.4. The second-order valence-electron chi connectivity index (χ2n) is 11.4. The van der Waals surface area contributed by atoms with Gasteiger partial charge < -0.3 is 18.6 Å². The molecule has 1 aliphatic heterocycles. The van der Waals surface area contributed by atoms with E-state index in [9.17, 15) is 14.0 Å². The normalized spacial score (nSPS) is 20.3. The minimum absolute atomic E-state index is 0.00819. The van der Waals surface area contributed by atoms with Crippen molar-refractivity contribution >= 4 is 22.5 Å². The highest BCUT2D eigenvalue weighted by atomic mass is 19.1. The Bertz CT molecular complexity index is 1610. The van der Waals surface area contributed by atoms with Gasteiger partial charge in [-0.25, -0.2) is 18.6 Å². The van der Waals surface area contributed by atoms with Crippen LogP contribution in [0.1, 0.15) is 59.2 Å². The monoisotopic (exact) mass is 522 g/mol. The summed E-state index contributed by atoms with van der Waals surface area (Å²) in [6.07, 6.45) is 5.79. The number of halogens is 2. The Hall–Kier alpha value is -3.75. The highest BCUT2D eigenvalue weighted by molar-refractivity contribution is 5.87. The van der Waals surface area contributed by atoms with E-state index in [1.807, 2.05) is 34.6 Å². The number of piperidine rings is 1. The standard InChI is InChI=1S/C29H32F2N4O3/c1-16-14-33-15-21(13-24(31)26(33)32-16)20-11-19-7-8-34(27(36)25(19)23(30)12-20)22-9-17(2)35(18(3)10-22)28(37)38-29(4,5)6/h7-8,11-15,17-18,22H,9-10H2,1-6H3/t17-,18+,22?. The van der Waals surface area contributed by atoms with Crippen LogP contribution in [0.2, 0.25) is 0 Å². The van der Waals surface area contributed by atoms with E-state index in [0.717, 1.165) is 0 Å². The topological polar surface area (TPSA) is 68.8 Å². The van der Waals surface area contributed by atoms with Gasteiger partial charge in [-0.1, -0.05) is 0 Å². The molecular weight excluding hydrogens is 490 g/mol. The van der Waals surface area contributed by atoms with Gasteiger partial charge in [0.25, 0.3) is 5.56 Å². The molecule has 4 heterocycles. The van der Waals surface area contributed by atoms with Gasteiger partial charge in [-0.05, 0) is 89.6 Å². The third-order valence-electron chi connectivity index (χ3n) is 7.12. The summed E-state index contributed by atoms with van der Waals surface area (Å²) in [5, 5.41) is 0.432. The fourth-order valence-electron chi connectivity index (χ4n) is 5.58. The van der Waals surface area contributed by atoms with Gasteiger partial charge in [0.2, 0.25) is 0 Å². The number of imidazole rings is 1. The molecule has 1 unspecified atom stereocenters. The number of aryl methyl sites for hydroxylation is 1. The summed E-state index contributed by atoms with van der Waals surface area (Å²) in [4.78, 5) is 32.1. The predicted molar refractivity (Wildman–Crippen MR) is 142 cm³/mol. The number of ether oxygens (including phenoxy) is 1. The van der Waals surface area contributed by atoms with Crippen molar-refractivity contribution in [2.24, 2.45) is 0 Å². The molecule has 5 rings (SSSR count). The van der Waals surface area contributed by atoms with Gasteiger partial charge in [0.15, 0.2) is 11.5 Å². The fourth-order valence-corrected chi connectivity index (χ4v) is 5.58. The molecule has 200 valence electrons. The van der Waals surface area contributed by atoms with E-state index in [2.05, 4.69) is 4.98 Å². The van der Waals surface area contributed by atoms with Gasteiger partial charge in [0.05, 0.1) is 11.1 Å². The molecular formula is C29H32F2N4O3. The number of rotatable bonds is 2. The Balaban J connectivity index is 1.47. The SMILES string of the molecule is Cc1cn2cc(-c3cc(F)c4c(=O)n(C5C[C@@H](C)N(C(=O)OC(C)(C)C)[C@@H](C)C5)ccc4c3)cc(F)c2n1. The molecule has 0 aliphatic carbocycles. The van der Waals surface area contributed by atoms with Crippen molar-refractivity contribution in [3.8, 4) is 11.1 Å². The number of hydrogen-bond donors (Lipinski definition) is 0. The Morgan fingerprint density at radius 2 is 1.68 bits per heavy atom. The van der Waals surface area contributed by atoms with Crippen LogP contribution in [0.3, 0.4) is 0 Å². The van der Waals surface area contributed by atoms with Crippen molar-refractivity contribution in [2.75, 3.05) is 0 Å². The zero-order valence-corrected chi connectivity index (χ0v) is 22.5. The first-order valence-electron chi connectivity index (χ1n) is 12.8. The van der Waals surface area contributed by atoms with Gasteiger partial charge in [0.1, 0.15) is 11.4 Å². The number of carbonyl (C=O) groups is 1. The molecule has 0 bridgehead atoms. The number of pyridine rings is 2. The quantitative estimate of drug-likeness (QED) is 0.312. The second kappa shape index (κ2) is 9.22. The zero-order valence-electron chi connectivity index (χ0n) is 22.5. The van der Waals surface area contributed by atoms with Crippen LogP contribution in [0.25, 0.3) is 27.5 Å². The van der Waals surface area contributed by atoms with E-state index in [1.165, 1.54) is 12.1 Å². The van der Waals surface area contributed by atoms with E-state index in [4.69, 9.17) is 4.74 Å². The van der Waals surface area contributed by atoms with Gasteiger partial charge in [-0.15, -0.1) is 0 Å². The van der Waals surface area contributed by atoms with E-state index < -0.39 is 22.8 Å². The summed E-state index contributed by atoms with van der Waals surface area (Å²) in [6, 6.07) is 5.49. The minimum Gasteiger partial charge on any atom is -0.444 e. The number of hydrogen-bond acceptors (Lipinski definition) is 4. The lowest BCUT2D eigenvalue weighted by Crippen LogP contribution is -2.52. The van der Waals surface area contributed by atoms with Crippen molar-refractivity contribution in [3.05, 3.63) is 70.5 Å². The average molecular weight is 523 g/mol. The molecule has 1 amide bonds. The van der Waals surface area contributed by atoms with E-state index in [0.29, 0.717) is 35.0 Å². The molecule has 3 atom stereocenters. The van der Waals surface area contributed by atoms with Crippen molar-refractivity contribution in [2.45, 2.75) is 78.1 Å². The van der Waals surface area contributed by atoms with Crippen LogP contribution in [0.15, 0.2) is 47.7 Å². The maximum Gasteiger partial charge on any atom is 0.410 e. The van der Waals surface area contributed by atoms with Crippen molar-refractivity contribution < 1.29 is 18.3 Å². The number of nitrogens with zero attached hydrogens (tertiary/aromatic N) is 4. The first kappa shape index (κ1) is 25.9. The lowest BCUT2D eigenvalue weighted by atomic mass is 9.92. The Labute approximate surface area is 219 Å². The Kier molecular flexibility index (Phi) is 6.28. The molecule has 1 aliphatic rings. The lowest BCUT2D eigenvalue weighted by molar-refractivity contribution is -0.00633. The summed E-state index contributed by atoms with van der Waals surface area (Å²) in [6.45, 7) is 11.1. The molecule has 0 saturated carbocycles. The highest BCUT2D eigenvalue weighted by Gasteiger charge is 2.37. The molecule has 0 N–H and O–H groups in total. The molecule has 7 nitrogen and oxygen atoms in total. The van der Waals surface area contributed by atoms with Crippen LogP contribution in [0, 0.1) is 18.6 Å². The molecule has 1 saturated heterocycles. The molecule has 3 aromatic heterocycles. The number of aromatic nitrogens is 3. The van der Waals surface area contributed by atoms with Gasteiger partial charge >= 0.3 is 6.09 Å². The molecule has 0 radical (unpaired) electrons. The van der Waals surface area contributed by atoms with Crippen molar-refractivity contribution in [1.29, 1.82) is 0 Å². The maximum atomic E-state index is 15.4. The molecule has 1 fully saturated rings. The summed E-state index contributed by atoms with van der Waals surface area (Å²) >= 11 is 0. The van der Waals surface area contributed by atoms with Crippen molar-refractivity contribution in [1.82, 2.24) is 18.9 Å². The zero-order chi connectivity index (χ0) is 27.5. The average Bonchev–Trinajstić information content (AvgIpc) is 3.18. The van der Waals surface area contributed by atoms with Crippen LogP contribution in [-0.2, 0) is 4.74 Å². The number of amides is 1. The Morgan fingerprint density at radius 1 is 1.03 bits per heavy atom. The predicted octanol–water partition coefficient (Wildman–Crippen LogP) is 6.25. The van der Waals surface area contributed by atoms with Crippen molar-refractivity contribution in [3.63, 3.8) is 0 Å². The molecule has 4 aromatic rings. The number of carbonyl (C=O) groups excluding carboxylic acids is 1. The molecule has 0 spiro atoms. The third-order valence-corrected chi connectivity index (χ3v) is 7.12.